The number of Topliss-reactive ketones (excluding diaryl/α,β-unsaturated/α-hetero) is 2. The monoisotopic (exact) mass is 494 g/mol. The highest BCUT2D eigenvalue weighted by atomic mass is 16.1. The molecule has 0 radical (unpaired) electrons. The average molecular weight is 495 g/mol. The van der Waals surface area contributed by atoms with Gasteiger partial charge in [-0.2, -0.15) is 0 Å². The van der Waals surface area contributed by atoms with Crippen LogP contribution < -0.4 is 0 Å². The number of allylic oxidation sites excluding steroid dienone is 1. The van der Waals surface area contributed by atoms with Gasteiger partial charge in [0.1, 0.15) is 0 Å². The number of hydrogen-bond donors (Lipinski definition) is 0. The summed E-state index contributed by atoms with van der Waals surface area (Å²) >= 11 is 0. The predicted molar refractivity (Wildman–Crippen MR) is 150 cm³/mol. The molecule has 0 bridgehead atoms. The fourth-order valence-corrected chi connectivity index (χ4v) is 5.72. The highest BCUT2D eigenvalue weighted by Crippen LogP contribution is 2.32. The van der Waals surface area contributed by atoms with Crippen molar-refractivity contribution in [2.24, 2.45) is 0 Å². The Morgan fingerprint density at radius 2 is 1.08 bits per heavy atom. The summed E-state index contributed by atoms with van der Waals surface area (Å²) < 4.78 is 0. The van der Waals surface area contributed by atoms with Crippen LogP contribution in [0.3, 0.4) is 0 Å². The van der Waals surface area contributed by atoms with Crippen LogP contribution in [0.4, 0.5) is 0 Å². The minimum absolute atomic E-state index is 0.0477. The van der Waals surface area contributed by atoms with Crippen molar-refractivity contribution in [1.82, 2.24) is 9.80 Å². The Morgan fingerprint density at radius 3 is 1.64 bits per heavy atom. The number of carbonyl (C=O) groups excluding carboxylic acids is 2. The largest absolute Gasteiger partial charge is 0.355 e. The van der Waals surface area contributed by atoms with E-state index in [4.69, 9.17) is 0 Å². The van der Waals surface area contributed by atoms with Crippen LogP contribution in [-0.4, -0.2) is 47.7 Å². The lowest BCUT2D eigenvalue weighted by Gasteiger charge is -2.41. The van der Waals surface area contributed by atoms with Gasteiger partial charge in [0.25, 0.3) is 0 Å². The lowest BCUT2D eigenvalue weighted by molar-refractivity contribution is 0.0831. The molecule has 0 aromatic heterocycles. The smallest absolute Gasteiger partial charge is 0.210 e. The second-order valence-corrected chi connectivity index (χ2v) is 10.9. The highest BCUT2D eigenvalue weighted by Gasteiger charge is 2.38. The molecule has 2 aliphatic rings. The minimum atomic E-state index is 0.0477. The van der Waals surface area contributed by atoms with Crippen molar-refractivity contribution in [3.8, 4) is 0 Å². The van der Waals surface area contributed by atoms with Crippen LogP contribution in [0.25, 0.3) is 0 Å². The third-order valence-corrected chi connectivity index (χ3v) is 7.87. The van der Waals surface area contributed by atoms with E-state index in [0.717, 1.165) is 31.8 Å². The molecule has 0 atom stereocenters. The van der Waals surface area contributed by atoms with Crippen LogP contribution in [0, 0.1) is 0 Å². The van der Waals surface area contributed by atoms with Crippen LogP contribution in [0.5, 0.6) is 0 Å². The number of fused-ring (bicyclic) bond motifs is 1. The van der Waals surface area contributed by atoms with Crippen molar-refractivity contribution in [2.45, 2.75) is 117 Å². The van der Waals surface area contributed by atoms with Gasteiger partial charge in [0.05, 0.1) is 12.4 Å². The van der Waals surface area contributed by atoms with Gasteiger partial charge in [-0.15, -0.1) is 0 Å². The van der Waals surface area contributed by atoms with Crippen LogP contribution in [0.1, 0.15) is 137 Å². The van der Waals surface area contributed by atoms with E-state index in [9.17, 15) is 9.59 Å². The number of ketones is 2. The van der Waals surface area contributed by atoms with Gasteiger partial charge in [-0.25, -0.2) is 0 Å². The van der Waals surface area contributed by atoms with Gasteiger partial charge >= 0.3 is 0 Å². The van der Waals surface area contributed by atoms with Crippen molar-refractivity contribution in [2.75, 3.05) is 26.3 Å². The third kappa shape index (κ3) is 8.30. The molecule has 1 aliphatic heterocycles. The Bertz CT molecular complexity index is 859. The van der Waals surface area contributed by atoms with E-state index in [2.05, 4.69) is 23.6 Å². The summed E-state index contributed by atoms with van der Waals surface area (Å²) in [6, 6.07) is 7.38. The Morgan fingerprint density at radius 1 is 0.611 bits per heavy atom. The number of hydrogen-bond acceptors (Lipinski definition) is 4. The third-order valence-electron chi connectivity index (χ3n) is 7.87. The molecule has 0 saturated carbocycles. The summed E-state index contributed by atoms with van der Waals surface area (Å²) in [6.07, 6.45) is 20.6. The van der Waals surface area contributed by atoms with Crippen LogP contribution >= 0.6 is 0 Å². The number of carbonyl (C=O) groups is 2. The summed E-state index contributed by atoms with van der Waals surface area (Å²) in [5.74, 6) is 0.105. The van der Waals surface area contributed by atoms with Gasteiger partial charge in [0.15, 0.2) is 5.78 Å². The number of rotatable bonds is 18. The summed E-state index contributed by atoms with van der Waals surface area (Å²) in [5.41, 5.74) is 2.58. The average Bonchev–Trinajstić information content (AvgIpc) is 2.90. The van der Waals surface area contributed by atoms with Crippen molar-refractivity contribution >= 4 is 11.6 Å². The highest BCUT2D eigenvalue weighted by molar-refractivity contribution is 6.26. The maximum Gasteiger partial charge on any atom is 0.210 e. The van der Waals surface area contributed by atoms with Gasteiger partial charge in [-0.1, -0.05) is 128 Å². The second-order valence-electron chi connectivity index (χ2n) is 10.9. The first kappa shape index (κ1) is 28.6. The second kappa shape index (κ2) is 16.0. The molecule has 1 heterocycles. The zero-order chi connectivity index (χ0) is 25.6. The number of benzene rings is 1. The first-order valence-electron chi connectivity index (χ1n) is 15.1. The summed E-state index contributed by atoms with van der Waals surface area (Å²) in [6.45, 7) is 7.77. The van der Waals surface area contributed by atoms with Gasteiger partial charge in [-0.3, -0.25) is 14.5 Å². The maximum atomic E-state index is 13.5. The molecular weight excluding hydrogens is 444 g/mol. The van der Waals surface area contributed by atoms with Crippen LogP contribution in [0.15, 0.2) is 35.5 Å². The zero-order valence-corrected chi connectivity index (χ0v) is 23.2. The molecule has 1 aromatic carbocycles. The molecule has 0 unspecified atom stereocenters. The van der Waals surface area contributed by atoms with Crippen molar-refractivity contribution < 1.29 is 9.59 Å². The molecule has 1 aromatic rings. The molecule has 0 amide bonds. The summed E-state index contributed by atoms with van der Waals surface area (Å²) in [4.78, 5) is 31.5. The maximum absolute atomic E-state index is 13.5. The SMILES string of the molecule is CCCCCCCCCCN1CC2=C(C(=O)c3ccccc3C2=O)N(CCCCCCCCCC)C1. The summed E-state index contributed by atoms with van der Waals surface area (Å²) in [7, 11) is 0. The zero-order valence-electron chi connectivity index (χ0n) is 23.2. The van der Waals surface area contributed by atoms with Gasteiger partial charge in [-0.05, 0) is 12.8 Å². The van der Waals surface area contributed by atoms with E-state index in [0.29, 0.717) is 23.4 Å². The quantitative estimate of drug-likeness (QED) is 0.193. The van der Waals surface area contributed by atoms with Gasteiger partial charge < -0.3 is 4.90 Å². The molecule has 0 saturated heterocycles. The predicted octanol–water partition coefficient (Wildman–Crippen LogP) is 8.18. The van der Waals surface area contributed by atoms with Gasteiger partial charge in [0, 0.05) is 36.3 Å². The number of unbranched alkanes of at least 4 members (excludes halogenated alkanes) is 14. The van der Waals surface area contributed by atoms with E-state index < -0.39 is 0 Å². The fourth-order valence-electron chi connectivity index (χ4n) is 5.72. The van der Waals surface area contributed by atoms with Crippen molar-refractivity contribution in [1.29, 1.82) is 0 Å². The van der Waals surface area contributed by atoms with Crippen LogP contribution in [0.2, 0.25) is 0 Å². The van der Waals surface area contributed by atoms with Gasteiger partial charge in [0.2, 0.25) is 5.78 Å². The molecule has 4 heteroatoms. The Labute approximate surface area is 220 Å². The molecule has 3 rings (SSSR count). The first-order valence-corrected chi connectivity index (χ1v) is 15.1. The molecule has 4 nitrogen and oxygen atoms in total. The molecular formula is C32H50N2O2. The lowest BCUT2D eigenvalue weighted by Crippen LogP contribution is -2.49. The Hall–Kier alpha value is -1.94. The van der Waals surface area contributed by atoms with E-state index in [-0.39, 0.29) is 11.6 Å². The molecule has 0 fully saturated rings. The Balaban J connectivity index is 1.56. The number of nitrogens with zero attached hydrogens (tertiary/aromatic N) is 2. The molecule has 1 aliphatic carbocycles. The molecule has 0 spiro atoms. The van der Waals surface area contributed by atoms with E-state index in [1.165, 1.54) is 96.3 Å². The van der Waals surface area contributed by atoms with Crippen molar-refractivity contribution in [3.63, 3.8) is 0 Å². The summed E-state index contributed by atoms with van der Waals surface area (Å²) in [5, 5.41) is 0. The first-order chi connectivity index (χ1) is 17.7. The topological polar surface area (TPSA) is 40.6 Å². The lowest BCUT2D eigenvalue weighted by atomic mass is 9.85. The fraction of sp³-hybridized carbons (Fsp3) is 0.688. The molecule has 0 N–H and O–H groups in total. The van der Waals surface area contributed by atoms with Crippen molar-refractivity contribution in [3.05, 3.63) is 46.7 Å². The van der Waals surface area contributed by atoms with E-state index in [1.54, 1.807) is 0 Å². The minimum Gasteiger partial charge on any atom is -0.355 e. The molecule has 200 valence electrons. The van der Waals surface area contributed by atoms with Crippen LogP contribution in [-0.2, 0) is 0 Å². The molecule has 36 heavy (non-hydrogen) atoms. The Kier molecular flexibility index (Phi) is 12.7. The standard InChI is InChI=1S/C32H50N2O2/c1-3-5-7-9-11-13-15-19-23-33-25-29-30(32(36)28-22-18-17-21-27(28)31(29)35)34(26-33)24-20-16-14-12-10-8-6-4-2/h17-18,21-22H,3-16,19-20,23-26H2,1-2H3. The van der Waals surface area contributed by atoms with E-state index in [1.807, 2.05) is 24.3 Å². The normalized spacial score (nSPS) is 16.0. The van der Waals surface area contributed by atoms with E-state index >= 15 is 0 Å².